The van der Waals surface area contributed by atoms with E-state index in [0.29, 0.717) is 0 Å². The standard InChI is InChI=1S/C21H21NO5/c1-21(20(26)27-2)15-16(22(19(21)25)12-8-4-3-5-9-12)18(24)14-11-7-6-10-13(14)17(15)23/h6-7,10-12H,3-5,8-9H2,1-2H3. The SMILES string of the molecule is COC(=O)C1(C)C(=O)N(C2CCCCC2)C2=C1C(=O)c1ccccc1C2=O. The van der Waals surface area contributed by atoms with Gasteiger partial charge < -0.3 is 9.64 Å². The van der Waals surface area contributed by atoms with Gasteiger partial charge in [-0.25, -0.2) is 0 Å². The molecule has 1 fully saturated rings. The first kappa shape index (κ1) is 17.6. The Labute approximate surface area is 157 Å². The van der Waals surface area contributed by atoms with Gasteiger partial charge in [0.25, 0.3) is 0 Å². The number of ketones is 2. The Balaban J connectivity index is 1.95. The van der Waals surface area contributed by atoms with E-state index in [9.17, 15) is 19.2 Å². The molecule has 1 heterocycles. The van der Waals surface area contributed by atoms with Crippen LogP contribution in [0.2, 0.25) is 0 Å². The number of carbonyl (C=O) groups excluding carboxylic acids is 4. The van der Waals surface area contributed by atoms with Crippen molar-refractivity contribution in [1.29, 1.82) is 0 Å². The van der Waals surface area contributed by atoms with Gasteiger partial charge in [0.05, 0.1) is 12.7 Å². The Morgan fingerprint density at radius 3 is 2.22 bits per heavy atom. The van der Waals surface area contributed by atoms with E-state index in [4.69, 9.17) is 4.74 Å². The van der Waals surface area contributed by atoms with E-state index in [-0.39, 0.29) is 34.2 Å². The molecule has 1 atom stereocenters. The van der Waals surface area contributed by atoms with E-state index in [1.165, 1.54) is 18.9 Å². The minimum Gasteiger partial charge on any atom is -0.468 e. The minimum atomic E-state index is -1.79. The highest BCUT2D eigenvalue weighted by Crippen LogP contribution is 2.48. The molecule has 27 heavy (non-hydrogen) atoms. The number of amides is 1. The highest BCUT2D eigenvalue weighted by atomic mass is 16.5. The summed E-state index contributed by atoms with van der Waals surface area (Å²) >= 11 is 0. The van der Waals surface area contributed by atoms with Gasteiger partial charge in [-0.3, -0.25) is 19.2 Å². The van der Waals surface area contributed by atoms with Crippen molar-refractivity contribution in [3.63, 3.8) is 0 Å². The zero-order valence-corrected chi connectivity index (χ0v) is 15.4. The van der Waals surface area contributed by atoms with Gasteiger partial charge in [0.2, 0.25) is 11.7 Å². The first-order valence-corrected chi connectivity index (χ1v) is 9.28. The van der Waals surface area contributed by atoms with E-state index in [1.54, 1.807) is 24.3 Å². The van der Waals surface area contributed by atoms with Gasteiger partial charge in [0.15, 0.2) is 11.2 Å². The molecule has 6 nitrogen and oxygen atoms in total. The third-order valence-corrected chi connectivity index (χ3v) is 6.02. The average molecular weight is 367 g/mol. The van der Waals surface area contributed by atoms with Gasteiger partial charge >= 0.3 is 5.97 Å². The molecule has 0 saturated heterocycles. The lowest BCUT2D eigenvalue weighted by Gasteiger charge is -2.34. The van der Waals surface area contributed by atoms with Crippen LogP contribution < -0.4 is 0 Å². The molecule has 0 radical (unpaired) electrons. The molecule has 1 amide bonds. The van der Waals surface area contributed by atoms with Gasteiger partial charge in [-0.05, 0) is 19.8 Å². The van der Waals surface area contributed by atoms with Crippen molar-refractivity contribution < 1.29 is 23.9 Å². The van der Waals surface area contributed by atoms with Crippen molar-refractivity contribution in [3.05, 3.63) is 46.7 Å². The largest absolute Gasteiger partial charge is 0.468 e. The van der Waals surface area contributed by atoms with E-state index in [2.05, 4.69) is 0 Å². The molecule has 1 unspecified atom stereocenters. The zero-order chi connectivity index (χ0) is 19.3. The second kappa shape index (κ2) is 6.15. The maximum Gasteiger partial charge on any atom is 0.325 e. The van der Waals surface area contributed by atoms with Gasteiger partial charge in [0.1, 0.15) is 5.70 Å². The van der Waals surface area contributed by atoms with E-state index in [0.717, 1.165) is 32.1 Å². The van der Waals surface area contributed by atoms with Gasteiger partial charge in [-0.2, -0.15) is 0 Å². The summed E-state index contributed by atoms with van der Waals surface area (Å²) in [6, 6.07) is 6.34. The lowest BCUT2D eigenvalue weighted by atomic mass is 9.75. The fourth-order valence-electron chi connectivity index (χ4n) is 4.59. The molecule has 6 heteroatoms. The fraction of sp³-hybridized carbons (Fsp3) is 0.429. The van der Waals surface area contributed by atoms with E-state index < -0.39 is 23.1 Å². The van der Waals surface area contributed by atoms with Crippen LogP contribution in [0.4, 0.5) is 0 Å². The molecule has 0 N–H and O–H groups in total. The molecule has 4 rings (SSSR count). The topological polar surface area (TPSA) is 80.8 Å². The predicted molar refractivity (Wildman–Crippen MR) is 96.0 cm³/mol. The van der Waals surface area contributed by atoms with Crippen molar-refractivity contribution >= 4 is 23.4 Å². The monoisotopic (exact) mass is 367 g/mol. The van der Waals surface area contributed by atoms with Crippen molar-refractivity contribution in [2.75, 3.05) is 7.11 Å². The predicted octanol–water partition coefficient (Wildman–Crippen LogP) is 2.67. The Bertz CT molecular complexity index is 909. The molecule has 1 aliphatic heterocycles. The summed E-state index contributed by atoms with van der Waals surface area (Å²) in [6.07, 6.45) is 4.48. The number of hydrogen-bond donors (Lipinski definition) is 0. The minimum absolute atomic E-state index is 0.0337. The highest BCUT2D eigenvalue weighted by Gasteiger charge is 2.62. The van der Waals surface area contributed by atoms with Crippen molar-refractivity contribution in [1.82, 2.24) is 4.90 Å². The molecule has 140 valence electrons. The van der Waals surface area contributed by atoms with Crippen LogP contribution in [0.25, 0.3) is 0 Å². The van der Waals surface area contributed by atoms with E-state index in [1.807, 2.05) is 0 Å². The second-order valence-corrected chi connectivity index (χ2v) is 7.51. The number of allylic oxidation sites excluding steroid dienone is 1. The quantitative estimate of drug-likeness (QED) is 0.593. The van der Waals surface area contributed by atoms with Crippen LogP contribution in [0.5, 0.6) is 0 Å². The number of rotatable bonds is 2. The maximum absolute atomic E-state index is 13.4. The Morgan fingerprint density at radius 1 is 1.04 bits per heavy atom. The number of benzene rings is 1. The van der Waals surface area contributed by atoms with Gasteiger partial charge in [-0.15, -0.1) is 0 Å². The summed E-state index contributed by atoms with van der Waals surface area (Å²) in [5, 5.41) is 0. The first-order valence-electron chi connectivity index (χ1n) is 9.28. The number of esters is 1. The second-order valence-electron chi connectivity index (χ2n) is 7.51. The van der Waals surface area contributed by atoms with E-state index >= 15 is 0 Å². The summed E-state index contributed by atoms with van der Waals surface area (Å²) < 4.78 is 4.88. The Kier molecular flexibility index (Phi) is 4.02. The van der Waals surface area contributed by atoms with Crippen LogP contribution in [-0.4, -0.2) is 41.5 Å². The summed E-state index contributed by atoms with van der Waals surface area (Å²) in [4.78, 5) is 54.0. The number of fused-ring (bicyclic) bond motifs is 1. The molecule has 1 saturated carbocycles. The van der Waals surface area contributed by atoms with Crippen LogP contribution >= 0.6 is 0 Å². The normalized spacial score (nSPS) is 25.6. The molecule has 1 aromatic carbocycles. The average Bonchev–Trinajstić information content (AvgIpc) is 2.95. The molecular weight excluding hydrogens is 346 g/mol. The smallest absolute Gasteiger partial charge is 0.325 e. The summed E-state index contributed by atoms with van der Waals surface area (Å²) in [5.74, 6) is -2.15. The lowest BCUT2D eigenvalue weighted by Crippen LogP contribution is -2.46. The number of nitrogens with zero attached hydrogens (tertiary/aromatic N) is 1. The summed E-state index contributed by atoms with van der Waals surface area (Å²) in [6.45, 7) is 1.40. The molecule has 0 spiro atoms. The van der Waals surface area contributed by atoms with Crippen LogP contribution in [0.15, 0.2) is 35.5 Å². The van der Waals surface area contributed by atoms with Gasteiger partial charge in [0, 0.05) is 17.2 Å². The lowest BCUT2D eigenvalue weighted by molar-refractivity contribution is -0.157. The number of carbonyl (C=O) groups is 4. The third kappa shape index (κ3) is 2.25. The van der Waals surface area contributed by atoms with Crippen molar-refractivity contribution in [2.24, 2.45) is 5.41 Å². The Hall–Kier alpha value is -2.76. The molecule has 2 aliphatic carbocycles. The summed E-state index contributed by atoms with van der Waals surface area (Å²) in [5.41, 5.74) is -1.24. The summed E-state index contributed by atoms with van der Waals surface area (Å²) in [7, 11) is 1.19. The fourth-order valence-corrected chi connectivity index (χ4v) is 4.59. The number of ether oxygens (including phenoxy) is 1. The van der Waals surface area contributed by atoms with Crippen LogP contribution in [0.3, 0.4) is 0 Å². The molecule has 0 aromatic heterocycles. The molecule has 1 aromatic rings. The first-order chi connectivity index (χ1) is 12.9. The zero-order valence-electron chi connectivity index (χ0n) is 15.4. The van der Waals surface area contributed by atoms with Crippen LogP contribution in [0.1, 0.15) is 59.7 Å². The maximum atomic E-state index is 13.4. The third-order valence-electron chi connectivity index (χ3n) is 6.02. The van der Waals surface area contributed by atoms with Crippen molar-refractivity contribution in [2.45, 2.75) is 45.1 Å². The molecule has 3 aliphatic rings. The molecular formula is C21H21NO5. The van der Waals surface area contributed by atoms with Gasteiger partial charge in [-0.1, -0.05) is 43.5 Å². The van der Waals surface area contributed by atoms with Crippen LogP contribution in [0, 0.1) is 5.41 Å². The number of Topliss-reactive ketones (excluding diaryl/α,β-unsaturated/α-hetero) is 2. The van der Waals surface area contributed by atoms with Crippen molar-refractivity contribution in [3.8, 4) is 0 Å². The number of methoxy groups -OCH3 is 1. The van der Waals surface area contributed by atoms with Crippen LogP contribution in [-0.2, 0) is 14.3 Å². The Morgan fingerprint density at radius 2 is 1.63 bits per heavy atom. The molecule has 0 bridgehead atoms. The number of hydrogen-bond acceptors (Lipinski definition) is 5. The highest BCUT2D eigenvalue weighted by molar-refractivity contribution is 6.34.